The molecule has 0 saturated heterocycles. The number of carbonyl (C=O) groups excluding carboxylic acids is 1. The van der Waals surface area contributed by atoms with E-state index in [-0.39, 0.29) is 54.9 Å². The van der Waals surface area contributed by atoms with Gasteiger partial charge in [-0.05, 0) is 36.4 Å². The number of aliphatic hydroxyl groups is 1. The van der Waals surface area contributed by atoms with Crippen molar-refractivity contribution in [2.45, 2.75) is 19.8 Å². The molecule has 0 aliphatic carbocycles. The number of rotatable bonds is 7. The molecule has 0 fully saturated rings. The fraction of sp³-hybridized carbons (Fsp3) is 0.130. The van der Waals surface area contributed by atoms with Gasteiger partial charge in [0.2, 0.25) is 0 Å². The van der Waals surface area contributed by atoms with Gasteiger partial charge in [-0.3, -0.25) is 0 Å². The second-order valence-corrected chi connectivity index (χ2v) is 7.93. The number of hydrogen-bond acceptors (Lipinski definition) is 5. The summed E-state index contributed by atoms with van der Waals surface area (Å²) in [4.78, 5) is 15.8. The number of benzene rings is 2. The summed E-state index contributed by atoms with van der Waals surface area (Å²) in [5.41, 5.74) is 1.71. The number of carbonyl (C=O) groups is 1. The van der Waals surface area contributed by atoms with Crippen molar-refractivity contribution in [2.24, 2.45) is 0 Å². The van der Waals surface area contributed by atoms with E-state index in [0.29, 0.717) is 43.5 Å². The van der Waals surface area contributed by atoms with Crippen LogP contribution in [0.3, 0.4) is 0 Å². The monoisotopic (exact) mass is 496 g/mol. The van der Waals surface area contributed by atoms with Gasteiger partial charge in [-0.1, -0.05) is 29.3 Å². The van der Waals surface area contributed by atoms with Gasteiger partial charge in [-0.15, -0.1) is 0 Å². The van der Waals surface area contributed by atoms with E-state index in [1.54, 1.807) is 41.1 Å². The largest absolute Gasteiger partial charge is 1.00 e. The minimum atomic E-state index is -1.36. The van der Waals surface area contributed by atoms with Crippen molar-refractivity contribution in [2.75, 3.05) is 0 Å². The SMILES string of the molecule is O=C([O-])c1ccnc2c1c(CO)cn2Cc1cc(Cl)ccc1OCc1ccc(Cl)cc1F.[Na+]. The molecule has 0 bridgehead atoms. The Balaban J connectivity index is 0.00000306. The molecule has 1 N–H and O–H groups in total. The van der Waals surface area contributed by atoms with Crippen LogP contribution in [0.4, 0.5) is 4.39 Å². The smallest absolute Gasteiger partial charge is 0.545 e. The number of aromatic nitrogens is 2. The summed E-state index contributed by atoms with van der Waals surface area (Å²) in [6.07, 6.45) is 2.98. The first-order valence-electron chi connectivity index (χ1n) is 9.51. The molecule has 0 saturated carbocycles. The predicted octanol–water partition coefficient (Wildman–Crippen LogP) is 0.969. The number of hydrogen-bond donors (Lipinski definition) is 1. The molecule has 6 nitrogen and oxygen atoms in total. The number of carboxylic acids is 1. The molecular weight excluding hydrogens is 481 g/mol. The standard InChI is InChI=1S/C23H17Cl2FN2O4.Na/c24-16-3-4-20(32-12-13-1-2-17(25)8-19(13)26)14(7-16)9-28-10-15(11-29)21-18(23(30)31)5-6-27-22(21)28;/h1-8,10,29H,9,11-12H2,(H,30,31);/q;+1/p-1. The quantitative estimate of drug-likeness (QED) is 0.385. The van der Waals surface area contributed by atoms with Crippen molar-refractivity contribution in [1.82, 2.24) is 9.55 Å². The summed E-state index contributed by atoms with van der Waals surface area (Å²) in [5.74, 6) is -1.37. The molecular formula is C23H16Cl2FN2NaO4. The fourth-order valence-electron chi connectivity index (χ4n) is 3.50. The summed E-state index contributed by atoms with van der Waals surface area (Å²) in [7, 11) is 0. The number of ether oxygens (including phenoxy) is 1. The van der Waals surface area contributed by atoms with Gasteiger partial charge in [0.05, 0.1) is 19.1 Å². The van der Waals surface area contributed by atoms with E-state index in [4.69, 9.17) is 27.9 Å². The molecule has 0 spiro atoms. The summed E-state index contributed by atoms with van der Waals surface area (Å²) in [6, 6.07) is 10.7. The first kappa shape index (κ1) is 25.5. The molecule has 2 aromatic heterocycles. The maximum Gasteiger partial charge on any atom is 1.00 e. The molecule has 33 heavy (non-hydrogen) atoms. The van der Waals surface area contributed by atoms with Gasteiger partial charge in [0.15, 0.2) is 0 Å². The Morgan fingerprint density at radius 3 is 2.52 bits per heavy atom. The number of halogens is 3. The average Bonchev–Trinajstić information content (AvgIpc) is 3.12. The molecule has 4 aromatic rings. The number of fused-ring (bicyclic) bond motifs is 1. The molecule has 0 aliphatic rings. The molecule has 0 aliphatic heterocycles. The molecule has 10 heteroatoms. The first-order chi connectivity index (χ1) is 15.4. The Kier molecular flexibility index (Phi) is 8.39. The molecule has 2 aromatic carbocycles. The topological polar surface area (TPSA) is 87.4 Å². The summed E-state index contributed by atoms with van der Waals surface area (Å²) in [5, 5.41) is 22.3. The van der Waals surface area contributed by atoms with Crippen LogP contribution in [0, 0.1) is 5.82 Å². The van der Waals surface area contributed by atoms with E-state index in [0.717, 1.165) is 0 Å². The third-order valence-corrected chi connectivity index (χ3v) is 5.46. The van der Waals surface area contributed by atoms with Crippen molar-refractivity contribution in [1.29, 1.82) is 0 Å². The molecule has 0 amide bonds. The third-order valence-electron chi connectivity index (χ3n) is 4.99. The van der Waals surface area contributed by atoms with Crippen LogP contribution in [0.2, 0.25) is 10.0 Å². The number of pyridine rings is 1. The van der Waals surface area contributed by atoms with Crippen LogP contribution in [0.1, 0.15) is 27.0 Å². The van der Waals surface area contributed by atoms with Gasteiger partial charge in [0, 0.05) is 50.1 Å². The maximum atomic E-state index is 14.1. The minimum absolute atomic E-state index is 0. The van der Waals surface area contributed by atoms with Gasteiger partial charge < -0.3 is 24.3 Å². The van der Waals surface area contributed by atoms with Crippen LogP contribution in [0.5, 0.6) is 5.75 Å². The zero-order valence-electron chi connectivity index (χ0n) is 17.5. The Labute approximate surface area is 220 Å². The Bertz CT molecular complexity index is 1330. The van der Waals surface area contributed by atoms with Crippen molar-refractivity contribution >= 4 is 40.2 Å². The first-order valence-corrected chi connectivity index (χ1v) is 10.3. The van der Waals surface area contributed by atoms with E-state index in [2.05, 4.69) is 4.98 Å². The molecule has 0 unspecified atom stereocenters. The van der Waals surface area contributed by atoms with E-state index < -0.39 is 11.8 Å². The number of aromatic carboxylic acids is 1. The molecule has 4 rings (SSSR count). The average molecular weight is 497 g/mol. The Morgan fingerprint density at radius 2 is 1.82 bits per heavy atom. The van der Waals surface area contributed by atoms with Crippen LogP contribution in [-0.4, -0.2) is 20.6 Å². The molecule has 0 atom stereocenters. The van der Waals surface area contributed by atoms with Crippen molar-refractivity contribution in [3.8, 4) is 5.75 Å². The van der Waals surface area contributed by atoms with Crippen molar-refractivity contribution < 1.29 is 53.7 Å². The van der Waals surface area contributed by atoms with Gasteiger partial charge in [-0.25, -0.2) is 9.37 Å². The second kappa shape index (κ2) is 10.9. The molecule has 0 radical (unpaired) electrons. The summed E-state index contributed by atoms with van der Waals surface area (Å²) in [6.45, 7) is -0.178. The number of carboxylic acid groups (broad SMARTS) is 1. The van der Waals surface area contributed by atoms with Gasteiger partial charge in [0.1, 0.15) is 23.8 Å². The van der Waals surface area contributed by atoms with E-state index in [1.165, 1.54) is 18.3 Å². The van der Waals surface area contributed by atoms with Crippen LogP contribution in [0.25, 0.3) is 11.0 Å². The fourth-order valence-corrected chi connectivity index (χ4v) is 3.85. The van der Waals surface area contributed by atoms with E-state index in [9.17, 15) is 19.4 Å². The van der Waals surface area contributed by atoms with Gasteiger partial charge >= 0.3 is 29.6 Å². The van der Waals surface area contributed by atoms with E-state index in [1.807, 2.05) is 0 Å². The van der Waals surface area contributed by atoms with Crippen molar-refractivity contribution in [3.63, 3.8) is 0 Å². The van der Waals surface area contributed by atoms with Crippen LogP contribution in [-0.2, 0) is 19.8 Å². The van der Waals surface area contributed by atoms with Crippen LogP contribution >= 0.6 is 23.2 Å². The Hall–Kier alpha value is -2.13. The third kappa shape index (κ3) is 5.51. The predicted molar refractivity (Wildman–Crippen MR) is 116 cm³/mol. The minimum Gasteiger partial charge on any atom is -0.545 e. The Morgan fingerprint density at radius 1 is 1.09 bits per heavy atom. The number of aliphatic hydroxyl groups excluding tert-OH is 1. The number of nitrogens with zero attached hydrogens (tertiary/aromatic N) is 2. The zero-order valence-corrected chi connectivity index (χ0v) is 21.0. The molecule has 164 valence electrons. The summed E-state index contributed by atoms with van der Waals surface area (Å²) >= 11 is 12.0. The normalized spacial score (nSPS) is 10.8. The van der Waals surface area contributed by atoms with Gasteiger partial charge in [-0.2, -0.15) is 0 Å². The van der Waals surface area contributed by atoms with Crippen LogP contribution < -0.4 is 39.4 Å². The van der Waals surface area contributed by atoms with Crippen LogP contribution in [0.15, 0.2) is 54.9 Å². The van der Waals surface area contributed by atoms with Gasteiger partial charge in [0.25, 0.3) is 0 Å². The zero-order chi connectivity index (χ0) is 22.8. The van der Waals surface area contributed by atoms with Crippen molar-refractivity contribution in [3.05, 3.63) is 93.0 Å². The summed E-state index contributed by atoms with van der Waals surface area (Å²) < 4.78 is 21.6. The van der Waals surface area contributed by atoms with E-state index >= 15 is 0 Å². The second-order valence-electron chi connectivity index (χ2n) is 7.06. The maximum absolute atomic E-state index is 14.1. The molecule has 2 heterocycles.